The Hall–Kier alpha value is -2.73. The molecule has 0 bridgehead atoms. The van der Waals surface area contributed by atoms with Gasteiger partial charge in [-0.25, -0.2) is 0 Å². The molecule has 2 aromatic carbocycles. The first-order valence-electron chi connectivity index (χ1n) is 9.24. The Morgan fingerprint density at radius 1 is 0.963 bits per heavy atom. The van der Waals surface area contributed by atoms with E-state index in [1.165, 1.54) is 5.69 Å². The number of amides is 1. The van der Waals surface area contributed by atoms with Crippen molar-refractivity contribution >= 4 is 17.3 Å². The summed E-state index contributed by atoms with van der Waals surface area (Å²) >= 11 is 0. The molecule has 144 valence electrons. The molecule has 3 rings (SSSR count). The topological polar surface area (TPSA) is 54.0 Å². The van der Waals surface area contributed by atoms with Crippen LogP contribution in [-0.4, -0.2) is 57.8 Å². The Bertz CT molecular complexity index is 723. The number of anilines is 2. The van der Waals surface area contributed by atoms with Crippen molar-refractivity contribution in [3.8, 4) is 11.5 Å². The van der Waals surface area contributed by atoms with Crippen LogP contribution in [0.2, 0.25) is 0 Å². The van der Waals surface area contributed by atoms with Crippen LogP contribution in [0, 0.1) is 0 Å². The van der Waals surface area contributed by atoms with Gasteiger partial charge in [0.2, 0.25) is 5.91 Å². The first-order chi connectivity index (χ1) is 13.1. The Labute approximate surface area is 160 Å². The van der Waals surface area contributed by atoms with Gasteiger partial charge in [-0.1, -0.05) is 0 Å². The molecule has 1 N–H and O–H groups in total. The average molecular weight is 369 g/mol. The number of ether oxygens (including phenoxy) is 2. The fourth-order valence-electron chi connectivity index (χ4n) is 2.98. The quantitative estimate of drug-likeness (QED) is 0.813. The predicted octanol–water partition coefficient (Wildman–Crippen LogP) is 2.85. The van der Waals surface area contributed by atoms with Gasteiger partial charge in [-0.2, -0.15) is 0 Å². The highest BCUT2D eigenvalue weighted by atomic mass is 16.5. The van der Waals surface area contributed by atoms with Gasteiger partial charge < -0.3 is 24.6 Å². The number of hydrogen-bond acceptors (Lipinski definition) is 5. The van der Waals surface area contributed by atoms with Crippen LogP contribution in [0.4, 0.5) is 11.4 Å². The number of benzene rings is 2. The normalized spacial score (nSPS) is 14.7. The number of likely N-dealkylation sites (N-methyl/N-ethyl adjacent to an activating group) is 1. The molecule has 0 radical (unpaired) electrons. The molecular weight excluding hydrogens is 342 g/mol. The number of carbonyl (C=O) groups excluding carboxylic acids is 1. The summed E-state index contributed by atoms with van der Waals surface area (Å²) in [6.07, 6.45) is 0.298. The van der Waals surface area contributed by atoms with Crippen LogP contribution >= 0.6 is 0 Å². The lowest BCUT2D eigenvalue weighted by molar-refractivity contribution is -0.116. The lowest BCUT2D eigenvalue weighted by Crippen LogP contribution is -2.44. The number of methoxy groups -OCH3 is 1. The summed E-state index contributed by atoms with van der Waals surface area (Å²) < 4.78 is 10.7. The van der Waals surface area contributed by atoms with E-state index in [1.54, 1.807) is 7.11 Å². The van der Waals surface area contributed by atoms with Crippen LogP contribution in [0.3, 0.4) is 0 Å². The Balaban J connectivity index is 1.42. The van der Waals surface area contributed by atoms with Crippen LogP contribution < -0.4 is 19.7 Å². The molecule has 1 aliphatic rings. The smallest absolute Gasteiger partial charge is 0.227 e. The SMILES string of the molecule is COc1ccc(OCCC(=O)Nc2ccc(N3CCN(C)CC3)cc2)cc1. The molecule has 1 saturated heterocycles. The average Bonchev–Trinajstić information content (AvgIpc) is 2.70. The second-order valence-corrected chi connectivity index (χ2v) is 6.66. The number of piperazine rings is 1. The second kappa shape index (κ2) is 9.28. The predicted molar refractivity (Wildman–Crippen MR) is 108 cm³/mol. The first kappa shape index (κ1) is 19.0. The van der Waals surface area contributed by atoms with Crippen LogP contribution in [0.15, 0.2) is 48.5 Å². The Kier molecular flexibility index (Phi) is 6.54. The molecule has 0 aliphatic carbocycles. The lowest BCUT2D eigenvalue weighted by atomic mass is 10.2. The zero-order valence-electron chi connectivity index (χ0n) is 16.0. The lowest BCUT2D eigenvalue weighted by Gasteiger charge is -2.34. The van der Waals surface area contributed by atoms with Crippen molar-refractivity contribution in [2.24, 2.45) is 0 Å². The fourth-order valence-corrected chi connectivity index (χ4v) is 2.98. The first-order valence-corrected chi connectivity index (χ1v) is 9.24. The van der Waals surface area contributed by atoms with E-state index in [0.717, 1.165) is 43.4 Å². The summed E-state index contributed by atoms with van der Waals surface area (Å²) in [6.45, 7) is 4.55. The minimum atomic E-state index is -0.0594. The standard InChI is InChI=1S/C21H27N3O3/c1-23-12-14-24(15-13-23)18-5-3-17(4-6-18)22-21(25)11-16-27-20-9-7-19(26-2)8-10-20/h3-10H,11-16H2,1-2H3,(H,22,25). The zero-order chi connectivity index (χ0) is 19.1. The molecule has 1 fully saturated rings. The van der Waals surface area contributed by atoms with Crippen molar-refractivity contribution in [1.29, 1.82) is 0 Å². The molecule has 1 amide bonds. The highest BCUT2D eigenvalue weighted by molar-refractivity contribution is 5.90. The minimum Gasteiger partial charge on any atom is -0.497 e. The maximum atomic E-state index is 12.1. The number of carbonyl (C=O) groups is 1. The van der Waals surface area contributed by atoms with Gasteiger partial charge in [-0.15, -0.1) is 0 Å². The summed E-state index contributed by atoms with van der Waals surface area (Å²) in [5.41, 5.74) is 2.01. The van der Waals surface area contributed by atoms with E-state index >= 15 is 0 Å². The van der Waals surface area contributed by atoms with Crippen molar-refractivity contribution < 1.29 is 14.3 Å². The third kappa shape index (κ3) is 5.62. The summed E-state index contributed by atoms with van der Waals surface area (Å²) in [5, 5.41) is 2.92. The molecule has 2 aromatic rings. The fraction of sp³-hybridized carbons (Fsp3) is 0.381. The summed E-state index contributed by atoms with van der Waals surface area (Å²) in [6, 6.07) is 15.4. The monoisotopic (exact) mass is 369 g/mol. The van der Waals surface area contributed by atoms with Gasteiger partial charge in [-0.3, -0.25) is 4.79 Å². The van der Waals surface area contributed by atoms with Gasteiger partial charge in [0.15, 0.2) is 0 Å². The number of nitrogens with one attached hydrogen (secondary N) is 1. The minimum absolute atomic E-state index is 0.0594. The van der Waals surface area contributed by atoms with E-state index in [9.17, 15) is 4.79 Å². The molecular formula is C21H27N3O3. The molecule has 27 heavy (non-hydrogen) atoms. The second-order valence-electron chi connectivity index (χ2n) is 6.66. The third-order valence-corrected chi connectivity index (χ3v) is 4.68. The van der Waals surface area contributed by atoms with Gasteiger partial charge >= 0.3 is 0 Å². The molecule has 0 saturated carbocycles. The van der Waals surface area contributed by atoms with E-state index in [-0.39, 0.29) is 5.91 Å². The van der Waals surface area contributed by atoms with E-state index in [1.807, 2.05) is 36.4 Å². The van der Waals surface area contributed by atoms with Gasteiger partial charge in [0, 0.05) is 37.6 Å². The highest BCUT2D eigenvalue weighted by Gasteiger charge is 2.14. The van der Waals surface area contributed by atoms with Crippen LogP contribution in [0.1, 0.15) is 6.42 Å². The molecule has 0 atom stereocenters. The molecule has 1 heterocycles. The van der Waals surface area contributed by atoms with Crippen LogP contribution in [0.25, 0.3) is 0 Å². The van der Waals surface area contributed by atoms with Gasteiger partial charge in [0.05, 0.1) is 20.1 Å². The highest BCUT2D eigenvalue weighted by Crippen LogP contribution is 2.20. The van der Waals surface area contributed by atoms with E-state index in [0.29, 0.717) is 13.0 Å². The van der Waals surface area contributed by atoms with Crippen molar-refractivity contribution in [2.75, 3.05) is 57.2 Å². The van der Waals surface area contributed by atoms with Gasteiger partial charge in [0.1, 0.15) is 11.5 Å². The van der Waals surface area contributed by atoms with Gasteiger partial charge in [-0.05, 0) is 55.6 Å². The van der Waals surface area contributed by atoms with Crippen molar-refractivity contribution in [3.05, 3.63) is 48.5 Å². The Morgan fingerprint density at radius 3 is 2.22 bits per heavy atom. The third-order valence-electron chi connectivity index (χ3n) is 4.68. The van der Waals surface area contributed by atoms with Crippen molar-refractivity contribution in [2.45, 2.75) is 6.42 Å². The van der Waals surface area contributed by atoms with Crippen molar-refractivity contribution in [3.63, 3.8) is 0 Å². The van der Waals surface area contributed by atoms with Gasteiger partial charge in [0.25, 0.3) is 0 Å². The molecule has 0 unspecified atom stereocenters. The van der Waals surface area contributed by atoms with Crippen LogP contribution in [-0.2, 0) is 4.79 Å². The summed E-state index contributed by atoms with van der Waals surface area (Å²) in [5.74, 6) is 1.44. The zero-order valence-corrected chi connectivity index (χ0v) is 16.0. The maximum absolute atomic E-state index is 12.1. The van der Waals surface area contributed by atoms with Crippen molar-refractivity contribution in [1.82, 2.24) is 4.90 Å². The largest absolute Gasteiger partial charge is 0.497 e. The molecule has 1 aliphatic heterocycles. The maximum Gasteiger partial charge on any atom is 0.227 e. The molecule has 0 aromatic heterocycles. The van der Waals surface area contributed by atoms with E-state index in [4.69, 9.17) is 9.47 Å². The van der Waals surface area contributed by atoms with E-state index in [2.05, 4.69) is 34.3 Å². The van der Waals surface area contributed by atoms with E-state index < -0.39 is 0 Å². The molecule has 0 spiro atoms. The Morgan fingerprint density at radius 2 is 1.59 bits per heavy atom. The number of nitrogens with zero attached hydrogens (tertiary/aromatic N) is 2. The summed E-state index contributed by atoms with van der Waals surface area (Å²) in [4.78, 5) is 16.8. The molecule has 6 nitrogen and oxygen atoms in total. The molecule has 6 heteroatoms. The van der Waals surface area contributed by atoms with Crippen LogP contribution in [0.5, 0.6) is 11.5 Å². The number of rotatable bonds is 7. The number of hydrogen-bond donors (Lipinski definition) is 1. The summed E-state index contributed by atoms with van der Waals surface area (Å²) in [7, 11) is 3.77.